The SMILES string of the molecule is CC=C(c1ccc(C#N)cc1C(C)CC)c1nc(NC2CCCC2)ncc1CCC. The van der Waals surface area contributed by atoms with Gasteiger partial charge >= 0.3 is 0 Å². The fourth-order valence-electron chi connectivity index (χ4n) is 4.34. The number of nitrogens with zero attached hydrogens (tertiary/aromatic N) is 3. The van der Waals surface area contributed by atoms with Gasteiger partial charge < -0.3 is 5.32 Å². The Morgan fingerprint density at radius 3 is 2.70 bits per heavy atom. The summed E-state index contributed by atoms with van der Waals surface area (Å²) in [5.74, 6) is 1.10. The lowest BCUT2D eigenvalue weighted by molar-refractivity contribution is 0.730. The molecule has 0 radical (unpaired) electrons. The normalized spacial score (nSPS) is 15.8. The molecule has 1 atom stereocenters. The van der Waals surface area contributed by atoms with E-state index < -0.39 is 0 Å². The Morgan fingerprint density at radius 2 is 2.07 bits per heavy atom. The maximum atomic E-state index is 9.41. The molecule has 0 bridgehead atoms. The van der Waals surface area contributed by atoms with Gasteiger partial charge in [0.25, 0.3) is 0 Å². The van der Waals surface area contributed by atoms with Crippen molar-refractivity contribution in [2.75, 3.05) is 5.32 Å². The summed E-state index contributed by atoms with van der Waals surface area (Å²) in [6.45, 7) is 8.69. The van der Waals surface area contributed by atoms with E-state index in [1.54, 1.807) is 0 Å². The molecule has 1 aromatic heterocycles. The summed E-state index contributed by atoms with van der Waals surface area (Å²) in [6.07, 6.45) is 12.1. The Hall–Kier alpha value is -2.67. The molecule has 0 amide bonds. The number of nitrogens with one attached hydrogen (secondary N) is 1. The molecule has 1 saturated carbocycles. The van der Waals surface area contributed by atoms with Gasteiger partial charge in [0.15, 0.2) is 0 Å². The van der Waals surface area contributed by atoms with Crippen molar-refractivity contribution >= 4 is 11.5 Å². The standard InChI is InChI=1S/C26H34N4/c1-5-10-20-17-28-26(29-21-11-8-9-12-21)30-25(20)22(7-3)23-14-13-19(16-27)15-24(23)18(4)6-2/h7,13-15,17-18,21H,5-6,8-12H2,1-4H3,(H,28,29,30). The lowest BCUT2D eigenvalue weighted by Gasteiger charge is -2.20. The molecule has 3 rings (SSSR count). The zero-order valence-electron chi connectivity index (χ0n) is 18.8. The van der Waals surface area contributed by atoms with Crippen LogP contribution in [0.3, 0.4) is 0 Å². The predicted molar refractivity (Wildman–Crippen MR) is 125 cm³/mol. The van der Waals surface area contributed by atoms with Crippen molar-refractivity contribution in [3.63, 3.8) is 0 Å². The van der Waals surface area contributed by atoms with Gasteiger partial charge in [-0.3, -0.25) is 0 Å². The van der Waals surface area contributed by atoms with Gasteiger partial charge in [0, 0.05) is 17.8 Å². The van der Waals surface area contributed by atoms with Crippen molar-refractivity contribution in [2.45, 2.75) is 84.6 Å². The topological polar surface area (TPSA) is 61.6 Å². The van der Waals surface area contributed by atoms with E-state index in [0.29, 0.717) is 17.5 Å². The van der Waals surface area contributed by atoms with Crippen LogP contribution in [0.1, 0.15) is 100 Å². The Kier molecular flexibility index (Phi) is 7.63. The number of aryl methyl sites for hydroxylation is 1. The molecule has 1 aromatic carbocycles. The summed E-state index contributed by atoms with van der Waals surface area (Å²) >= 11 is 0. The number of allylic oxidation sites excluding steroid dienone is 1. The van der Waals surface area contributed by atoms with E-state index in [1.165, 1.54) is 42.4 Å². The molecular formula is C26H34N4. The number of anilines is 1. The third-order valence-electron chi connectivity index (χ3n) is 6.23. The summed E-state index contributed by atoms with van der Waals surface area (Å²) < 4.78 is 0. The Labute approximate surface area is 181 Å². The molecule has 4 heteroatoms. The number of benzene rings is 1. The van der Waals surface area contributed by atoms with E-state index in [0.717, 1.165) is 36.5 Å². The zero-order chi connectivity index (χ0) is 21.5. The molecular weight excluding hydrogens is 368 g/mol. The molecule has 1 unspecified atom stereocenters. The number of rotatable bonds is 8. The maximum Gasteiger partial charge on any atom is 0.223 e. The third-order valence-corrected chi connectivity index (χ3v) is 6.23. The first-order valence-corrected chi connectivity index (χ1v) is 11.4. The van der Waals surface area contributed by atoms with Crippen molar-refractivity contribution in [3.05, 3.63) is 58.4 Å². The highest BCUT2D eigenvalue weighted by molar-refractivity contribution is 5.82. The van der Waals surface area contributed by atoms with Crippen LogP contribution in [0.5, 0.6) is 0 Å². The Balaban J connectivity index is 2.08. The lowest BCUT2D eigenvalue weighted by Crippen LogP contribution is -2.17. The smallest absolute Gasteiger partial charge is 0.223 e. The molecule has 1 N–H and O–H groups in total. The van der Waals surface area contributed by atoms with Crippen LogP contribution in [-0.2, 0) is 6.42 Å². The minimum absolute atomic E-state index is 0.371. The molecule has 4 nitrogen and oxygen atoms in total. The zero-order valence-corrected chi connectivity index (χ0v) is 18.8. The van der Waals surface area contributed by atoms with Crippen molar-refractivity contribution in [2.24, 2.45) is 0 Å². The van der Waals surface area contributed by atoms with Crippen LogP contribution in [0.25, 0.3) is 5.57 Å². The first-order chi connectivity index (χ1) is 14.6. The molecule has 2 aromatic rings. The van der Waals surface area contributed by atoms with Gasteiger partial charge in [-0.1, -0.05) is 52.2 Å². The lowest BCUT2D eigenvalue weighted by atomic mass is 9.86. The average molecular weight is 403 g/mol. The van der Waals surface area contributed by atoms with Gasteiger partial charge in [-0.25, -0.2) is 9.97 Å². The minimum Gasteiger partial charge on any atom is -0.351 e. The van der Waals surface area contributed by atoms with E-state index >= 15 is 0 Å². The third kappa shape index (κ3) is 4.90. The van der Waals surface area contributed by atoms with Crippen molar-refractivity contribution in [3.8, 4) is 6.07 Å². The van der Waals surface area contributed by atoms with Crippen molar-refractivity contribution in [1.82, 2.24) is 9.97 Å². The maximum absolute atomic E-state index is 9.41. The van der Waals surface area contributed by atoms with Crippen LogP contribution in [0.4, 0.5) is 5.95 Å². The van der Waals surface area contributed by atoms with Crippen molar-refractivity contribution < 1.29 is 0 Å². The molecule has 0 spiro atoms. The number of nitriles is 1. The van der Waals surface area contributed by atoms with Crippen LogP contribution >= 0.6 is 0 Å². The predicted octanol–water partition coefficient (Wildman–Crippen LogP) is 6.62. The molecule has 0 saturated heterocycles. The van der Waals surface area contributed by atoms with E-state index in [9.17, 15) is 5.26 Å². The number of hydrogen-bond acceptors (Lipinski definition) is 4. The molecule has 1 fully saturated rings. The minimum atomic E-state index is 0.371. The van der Waals surface area contributed by atoms with E-state index in [1.807, 2.05) is 18.3 Å². The van der Waals surface area contributed by atoms with E-state index in [-0.39, 0.29) is 0 Å². The summed E-state index contributed by atoms with van der Waals surface area (Å²) in [7, 11) is 0. The summed E-state index contributed by atoms with van der Waals surface area (Å²) in [5.41, 5.74) is 6.44. The fourth-order valence-corrected chi connectivity index (χ4v) is 4.34. The van der Waals surface area contributed by atoms with Crippen LogP contribution in [0.15, 0.2) is 30.5 Å². The molecule has 1 aliphatic carbocycles. The van der Waals surface area contributed by atoms with Gasteiger partial charge in [0.2, 0.25) is 5.95 Å². The Bertz CT molecular complexity index is 933. The van der Waals surface area contributed by atoms with Crippen LogP contribution in [-0.4, -0.2) is 16.0 Å². The average Bonchev–Trinajstić information content (AvgIpc) is 3.28. The molecule has 1 heterocycles. The second-order valence-electron chi connectivity index (χ2n) is 8.37. The fraction of sp³-hybridized carbons (Fsp3) is 0.500. The number of hydrogen-bond donors (Lipinski definition) is 1. The first kappa shape index (κ1) is 22.0. The highest BCUT2D eigenvalue weighted by Crippen LogP contribution is 2.34. The molecule has 30 heavy (non-hydrogen) atoms. The highest BCUT2D eigenvalue weighted by atomic mass is 15.1. The summed E-state index contributed by atoms with van der Waals surface area (Å²) in [4.78, 5) is 9.66. The van der Waals surface area contributed by atoms with Gasteiger partial charge in [-0.15, -0.1) is 0 Å². The highest BCUT2D eigenvalue weighted by Gasteiger charge is 2.20. The molecule has 0 aliphatic heterocycles. The second kappa shape index (κ2) is 10.4. The van der Waals surface area contributed by atoms with Crippen LogP contribution in [0.2, 0.25) is 0 Å². The van der Waals surface area contributed by atoms with E-state index in [2.05, 4.69) is 56.2 Å². The van der Waals surface area contributed by atoms with Crippen LogP contribution in [0, 0.1) is 11.3 Å². The monoisotopic (exact) mass is 402 g/mol. The first-order valence-electron chi connectivity index (χ1n) is 11.4. The summed E-state index contributed by atoms with van der Waals surface area (Å²) in [6, 6.07) is 8.84. The summed E-state index contributed by atoms with van der Waals surface area (Å²) in [5, 5.41) is 13.0. The second-order valence-corrected chi connectivity index (χ2v) is 8.37. The van der Waals surface area contributed by atoms with Crippen molar-refractivity contribution in [1.29, 1.82) is 5.26 Å². The Morgan fingerprint density at radius 1 is 1.30 bits per heavy atom. The quantitative estimate of drug-likeness (QED) is 0.539. The van der Waals surface area contributed by atoms with Gasteiger partial charge in [0.05, 0.1) is 17.3 Å². The van der Waals surface area contributed by atoms with Gasteiger partial charge in [0.1, 0.15) is 0 Å². The largest absolute Gasteiger partial charge is 0.351 e. The van der Waals surface area contributed by atoms with Gasteiger partial charge in [-0.2, -0.15) is 5.26 Å². The number of aromatic nitrogens is 2. The van der Waals surface area contributed by atoms with E-state index in [4.69, 9.17) is 4.98 Å². The van der Waals surface area contributed by atoms with Gasteiger partial charge in [-0.05, 0) is 67.3 Å². The molecule has 1 aliphatic rings. The van der Waals surface area contributed by atoms with Crippen LogP contribution < -0.4 is 5.32 Å². The molecule has 158 valence electrons.